The van der Waals surface area contributed by atoms with Crippen molar-refractivity contribution < 1.29 is 19.0 Å². The average Bonchev–Trinajstić information content (AvgIpc) is 2.79. The molecule has 168 valence electrons. The van der Waals surface area contributed by atoms with Gasteiger partial charge in [0.25, 0.3) is 5.91 Å². The van der Waals surface area contributed by atoms with Crippen LogP contribution in [-0.2, 0) is 6.42 Å². The number of benzene rings is 2. The molecule has 0 N–H and O–H groups in total. The van der Waals surface area contributed by atoms with Crippen LogP contribution in [0, 0.1) is 0 Å². The first-order chi connectivity index (χ1) is 15.0. The van der Waals surface area contributed by atoms with E-state index in [1.54, 1.807) is 21.3 Å². The summed E-state index contributed by atoms with van der Waals surface area (Å²) in [5.41, 5.74) is 2.94. The summed E-state index contributed by atoms with van der Waals surface area (Å²) in [5.74, 6) is 2.01. The Morgan fingerprint density at radius 3 is 1.97 bits per heavy atom. The molecular weight excluding hydrogens is 390 g/mol. The number of nitrogens with zero attached hydrogens (tertiary/aromatic N) is 1. The number of rotatable bonds is 8. The van der Waals surface area contributed by atoms with Gasteiger partial charge in [0.2, 0.25) is 5.75 Å². The Morgan fingerprint density at radius 1 is 0.903 bits per heavy atom. The summed E-state index contributed by atoms with van der Waals surface area (Å²) in [6, 6.07) is 12.5. The smallest absolute Gasteiger partial charge is 0.254 e. The van der Waals surface area contributed by atoms with Crippen LogP contribution in [-0.4, -0.2) is 44.2 Å². The van der Waals surface area contributed by atoms with Crippen LogP contribution in [0.1, 0.15) is 67.4 Å². The molecule has 0 bridgehead atoms. The molecular formula is C26H35NO4. The third kappa shape index (κ3) is 5.33. The lowest BCUT2D eigenvalue weighted by molar-refractivity contribution is 0.0555. The Morgan fingerprint density at radius 2 is 1.48 bits per heavy atom. The van der Waals surface area contributed by atoms with Crippen molar-refractivity contribution in [2.45, 2.75) is 64.5 Å². The quantitative estimate of drug-likeness (QED) is 0.561. The summed E-state index contributed by atoms with van der Waals surface area (Å²) in [6.07, 6.45) is 6.66. The highest BCUT2D eigenvalue weighted by Crippen LogP contribution is 2.38. The Bertz CT molecular complexity index is 844. The van der Waals surface area contributed by atoms with Gasteiger partial charge in [-0.05, 0) is 68.5 Å². The van der Waals surface area contributed by atoms with E-state index in [1.807, 2.05) is 36.4 Å². The van der Waals surface area contributed by atoms with Crippen molar-refractivity contribution in [1.82, 2.24) is 4.90 Å². The van der Waals surface area contributed by atoms with E-state index in [-0.39, 0.29) is 11.9 Å². The molecule has 0 atom stereocenters. The van der Waals surface area contributed by atoms with Gasteiger partial charge in [-0.25, -0.2) is 0 Å². The highest BCUT2D eigenvalue weighted by atomic mass is 16.5. The summed E-state index contributed by atoms with van der Waals surface area (Å²) in [7, 11) is 4.84. The summed E-state index contributed by atoms with van der Waals surface area (Å²) in [4.78, 5) is 15.4. The van der Waals surface area contributed by atoms with Crippen LogP contribution in [0.15, 0.2) is 36.4 Å². The summed E-state index contributed by atoms with van der Waals surface area (Å²) in [6.45, 7) is 4.23. The van der Waals surface area contributed by atoms with E-state index in [0.717, 1.165) is 29.5 Å². The Hall–Kier alpha value is -2.69. The zero-order valence-corrected chi connectivity index (χ0v) is 19.4. The van der Waals surface area contributed by atoms with Crippen molar-refractivity contribution >= 4 is 5.91 Å². The number of ether oxygens (including phenoxy) is 3. The molecule has 2 aromatic carbocycles. The van der Waals surface area contributed by atoms with E-state index in [2.05, 4.69) is 18.7 Å². The van der Waals surface area contributed by atoms with Gasteiger partial charge in [0.15, 0.2) is 11.5 Å². The lowest BCUT2D eigenvalue weighted by Gasteiger charge is -2.37. The minimum Gasteiger partial charge on any atom is -0.493 e. The molecule has 1 aliphatic rings. The molecule has 0 aromatic heterocycles. The number of carbonyl (C=O) groups is 1. The minimum atomic E-state index is 0.140. The zero-order chi connectivity index (χ0) is 22.4. The average molecular weight is 426 g/mol. The van der Waals surface area contributed by atoms with Crippen LogP contribution in [0.5, 0.6) is 17.2 Å². The lowest BCUT2D eigenvalue weighted by Crippen LogP contribution is -2.45. The fraction of sp³-hybridized carbons (Fsp3) is 0.500. The first kappa shape index (κ1) is 23.0. The number of carbonyl (C=O) groups excluding carboxylic acids is 1. The first-order valence-corrected chi connectivity index (χ1v) is 11.2. The van der Waals surface area contributed by atoms with Crippen molar-refractivity contribution in [3.05, 3.63) is 53.1 Å². The number of amides is 1. The van der Waals surface area contributed by atoms with Gasteiger partial charge < -0.3 is 19.1 Å². The Labute approximate surface area is 186 Å². The van der Waals surface area contributed by atoms with Crippen molar-refractivity contribution in [3.8, 4) is 17.2 Å². The van der Waals surface area contributed by atoms with E-state index in [4.69, 9.17) is 14.2 Å². The van der Waals surface area contributed by atoms with Crippen LogP contribution < -0.4 is 14.2 Å². The monoisotopic (exact) mass is 425 g/mol. The predicted molar refractivity (Wildman–Crippen MR) is 124 cm³/mol. The molecule has 5 nitrogen and oxygen atoms in total. The summed E-state index contributed by atoms with van der Waals surface area (Å²) < 4.78 is 16.3. The van der Waals surface area contributed by atoms with Crippen LogP contribution in [0.4, 0.5) is 0 Å². The topological polar surface area (TPSA) is 48.0 Å². The molecule has 1 fully saturated rings. The third-order valence-corrected chi connectivity index (χ3v) is 6.09. The number of methoxy groups -OCH3 is 3. The van der Waals surface area contributed by atoms with E-state index in [0.29, 0.717) is 29.7 Å². The molecule has 2 aromatic rings. The number of hydrogen-bond donors (Lipinski definition) is 0. The molecule has 1 saturated carbocycles. The Kier molecular flexibility index (Phi) is 7.83. The predicted octanol–water partition coefficient (Wildman–Crippen LogP) is 5.49. The van der Waals surface area contributed by atoms with Gasteiger partial charge in [-0.15, -0.1) is 0 Å². The van der Waals surface area contributed by atoms with Crippen LogP contribution in [0.2, 0.25) is 0 Å². The fourth-order valence-corrected chi connectivity index (χ4v) is 4.57. The largest absolute Gasteiger partial charge is 0.493 e. The molecule has 1 aliphatic carbocycles. The molecule has 0 radical (unpaired) electrons. The maximum Gasteiger partial charge on any atom is 0.254 e. The molecule has 0 heterocycles. The molecule has 1 amide bonds. The first-order valence-electron chi connectivity index (χ1n) is 11.2. The minimum absolute atomic E-state index is 0.140. The molecule has 5 heteroatoms. The Balaban J connectivity index is 1.77. The van der Waals surface area contributed by atoms with Crippen LogP contribution in [0.3, 0.4) is 0 Å². The van der Waals surface area contributed by atoms with Gasteiger partial charge in [0, 0.05) is 17.6 Å². The standard InChI is InChI=1S/C26H35NO4/c1-18(2)27(22-9-7-6-8-10-22)26(28)21-13-11-19(12-14-21)15-20-16-23(29-3)25(31-5)24(17-20)30-4/h11-14,16-18,22H,6-10,15H2,1-5H3. The van der Waals surface area contributed by atoms with Gasteiger partial charge in [0.1, 0.15) is 0 Å². The molecule has 0 aliphatic heterocycles. The molecule has 0 saturated heterocycles. The van der Waals surface area contributed by atoms with E-state index in [9.17, 15) is 4.79 Å². The van der Waals surface area contributed by atoms with Crippen molar-refractivity contribution in [1.29, 1.82) is 0 Å². The van der Waals surface area contributed by atoms with Crippen LogP contribution >= 0.6 is 0 Å². The second kappa shape index (κ2) is 10.6. The van der Waals surface area contributed by atoms with E-state index >= 15 is 0 Å². The third-order valence-electron chi connectivity index (χ3n) is 6.09. The highest BCUT2D eigenvalue weighted by molar-refractivity contribution is 5.94. The van der Waals surface area contributed by atoms with Gasteiger partial charge in [0.05, 0.1) is 21.3 Å². The summed E-state index contributed by atoms with van der Waals surface area (Å²) in [5, 5.41) is 0. The van der Waals surface area contributed by atoms with E-state index < -0.39 is 0 Å². The van der Waals surface area contributed by atoms with E-state index in [1.165, 1.54) is 19.3 Å². The van der Waals surface area contributed by atoms with Crippen molar-refractivity contribution in [2.24, 2.45) is 0 Å². The van der Waals surface area contributed by atoms with Gasteiger partial charge in [-0.2, -0.15) is 0 Å². The van der Waals surface area contributed by atoms with Gasteiger partial charge in [-0.3, -0.25) is 4.79 Å². The lowest BCUT2D eigenvalue weighted by atomic mass is 9.92. The van der Waals surface area contributed by atoms with Crippen LogP contribution in [0.25, 0.3) is 0 Å². The maximum absolute atomic E-state index is 13.3. The SMILES string of the molecule is COc1cc(Cc2ccc(C(=O)N(C(C)C)C3CCCCC3)cc2)cc(OC)c1OC. The normalized spacial score (nSPS) is 14.4. The maximum atomic E-state index is 13.3. The second-order valence-corrected chi connectivity index (χ2v) is 8.51. The highest BCUT2D eigenvalue weighted by Gasteiger charge is 2.28. The molecule has 31 heavy (non-hydrogen) atoms. The van der Waals surface area contributed by atoms with Crippen molar-refractivity contribution in [3.63, 3.8) is 0 Å². The van der Waals surface area contributed by atoms with Crippen molar-refractivity contribution in [2.75, 3.05) is 21.3 Å². The molecule has 0 spiro atoms. The van der Waals surface area contributed by atoms with Gasteiger partial charge >= 0.3 is 0 Å². The molecule has 0 unspecified atom stereocenters. The zero-order valence-electron chi connectivity index (χ0n) is 19.4. The number of hydrogen-bond acceptors (Lipinski definition) is 4. The summed E-state index contributed by atoms with van der Waals surface area (Å²) >= 11 is 0. The van der Waals surface area contributed by atoms with Gasteiger partial charge in [-0.1, -0.05) is 31.4 Å². The second-order valence-electron chi connectivity index (χ2n) is 8.51. The molecule has 3 rings (SSSR count). The fourth-order valence-electron chi connectivity index (χ4n) is 4.57.